The highest BCUT2D eigenvalue weighted by molar-refractivity contribution is 5.76. The first-order chi connectivity index (χ1) is 6.65. The fraction of sp³-hybridized carbons (Fsp3) is 0.900. The maximum atomic E-state index is 11.6. The Morgan fingerprint density at radius 1 is 1.50 bits per heavy atom. The molecule has 1 aliphatic heterocycles. The predicted molar refractivity (Wildman–Crippen MR) is 45.9 cm³/mol. The number of ether oxygens (including phenoxy) is 2. The van der Waals surface area contributed by atoms with Gasteiger partial charge in [0, 0.05) is 7.11 Å². The summed E-state index contributed by atoms with van der Waals surface area (Å²) in [4.78, 5) is 11.6. The molecule has 0 spiro atoms. The quantitative estimate of drug-likeness (QED) is 0.492. The summed E-state index contributed by atoms with van der Waals surface area (Å²) in [6.07, 6.45) is 3.24. The molecule has 1 saturated heterocycles. The van der Waals surface area contributed by atoms with Gasteiger partial charge in [-0.05, 0) is 31.1 Å². The minimum Gasteiger partial charge on any atom is -0.407 e. The number of carbonyl (C=O) groups is 1. The van der Waals surface area contributed by atoms with E-state index in [4.69, 9.17) is 9.47 Å². The lowest BCUT2D eigenvalue weighted by atomic mass is 9.79. The summed E-state index contributed by atoms with van der Waals surface area (Å²) < 4.78 is 9.89. The van der Waals surface area contributed by atoms with Gasteiger partial charge in [-0.1, -0.05) is 0 Å². The minimum absolute atomic E-state index is 0.112. The van der Waals surface area contributed by atoms with Crippen molar-refractivity contribution in [1.29, 1.82) is 0 Å². The molecular formula is C10H14O4. The van der Waals surface area contributed by atoms with Crippen LogP contribution in [0.4, 0.5) is 0 Å². The van der Waals surface area contributed by atoms with E-state index in [2.05, 4.69) is 0 Å². The van der Waals surface area contributed by atoms with E-state index >= 15 is 0 Å². The molecule has 2 aliphatic carbocycles. The van der Waals surface area contributed by atoms with E-state index in [-0.39, 0.29) is 17.8 Å². The van der Waals surface area contributed by atoms with Crippen LogP contribution in [0.15, 0.2) is 0 Å². The van der Waals surface area contributed by atoms with Gasteiger partial charge in [-0.3, -0.25) is 4.79 Å². The van der Waals surface area contributed by atoms with Gasteiger partial charge >= 0.3 is 11.9 Å². The largest absolute Gasteiger partial charge is 0.407 e. The highest BCUT2D eigenvalue weighted by Crippen LogP contribution is 2.59. The molecule has 3 rings (SSSR count). The van der Waals surface area contributed by atoms with Crippen molar-refractivity contribution in [3.63, 3.8) is 0 Å². The smallest absolute Gasteiger partial charge is 0.330 e. The highest BCUT2D eigenvalue weighted by Gasteiger charge is 2.66. The first kappa shape index (κ1) is 8.68. The molecule has 0 radical (unpaired) electrons. The Labute approximate surface area is 82.2 Å². The number of cyclic esters (lactones) is 1. The highest BCUT2D eigenvalue weighted by atomic mass is 16.8. The third kappa shape index (κ3) is 0.834. The van der Waals surface area contributed by atoms with E-state index in [1.54, 1.807) is 0 Å². The summed E-state index contributed by atoms with van der Waals surface area (Å²) in [5.74, 6) is -1.33. The molecule has 14 heavy (non-hydrogen) atoms. The molecule has 3 aliphatic rings. The third-order valence-electron chi connectivity index (χ3n) is 4.15. The van der Waals surface area contributed by atoms with Crippen molar-refractivity contribution in [2.24, 2.45) is 23.7 Å². The first-order valence-electron chi connectivity index (χ1n) is 5.16. The molecule has 4 heteroatoms. The number of esters is 1. The van der Waals surface area contributed by atoms with Crippen LogP contribution in [0, 0.1) is 23.7 Å². The van der Waals surface area contributed by atoms with Gasteiger partial charge in [-0.15, -0.1) is 0 Å². The van der Waals surface area contributed by atoms with Gasteiger partial charge < -0.3 is 14.6 Å². The maximum Gasteiger partial charge on any atom is 0.330 e. The van der Waals surface area contributed by atoms with Crippen LogP contribution in [0.2, 0.25) is 0 Å². The lowest BCUT2D eigenvalue weighted by Crippen LogP contribution is -2.41. The van der Waals surface area contributed by atoms with Crippen LogP contribution in [-0.2, 0) is 14.3 Å². The van der Waals surface area contributed by atoms with Crippen molar-refractivity contribution in [3.05, 3.63) is 0 Å². The molecule has 0 aromatic carbocycles. The number of hydrogen-bond acceptors (Lipinski definition) is 4. The van der Waals surface area contributed by atoms with Gasteiger partial charge in [0.15, 0.2) is 0 Å². The van der Waals surface area contributed by atoms with Crippen molar-refractivity contribution in [1.82, 2.24) is 0 Å². The standard InChI is InChI=1S/C10H14O4/c1-13-10(12)8-6-3-2-5(4-6)7(8)9(11)14-10/h5-8,12H,2-4H2,1H3/t5-,6+,7-,8+,10?/m1/s1. The molecule has 78 valence electrons. The first-order valence-corrected chi connectivity index (χ1v) is 5.16. The molecule has 2 saturated carbocycles. The van der Waals surface area contributed by atoms with Gasteiger partial charge in [0.2, 0.25) is 0 Å². The Morgan fingerprint density at radius 3 is 2.93 bits per heavy atom. The molecule has 4 nitrogen and oxygen atoms in total. The topological polar surface area (TPSA) is 55.8 Å². The lowest BCUT2D eigenvalue weighted by Gasteiger charge is -2.29. The van der Waals surface area contributed by atoms with Gasteiger partial charge in [-0.2, -0.15) is 0 Å². The Balaban J connectivity index is 1.99. The fourth-order valence-corrected chi connectivity index (χ4v) is 3.61. The second-order valence-electron chi connectivity index (χ2n) is 4.64. The van der Waals surface area contributed by atoms with E-state index in [1.165, 1.54) is 7.11 Å². The molecule has 5 atom stereocenters. The van der Waals surface area contributed by atoms with Gasteiger partial charge in [0.25, 0.3) is 0 Å². The van der Waals surface area contributed by atoms with E-state index in [1.807, 2.05) is 0 Å². The van der Waals surface area contributed by atoms with Crippen molar-refractivity contribution in [3.8, 4) is 0 Å². The van der Waals surface area contributed by atoms with E-state index in [0.29, 0.717) is 11.8 Å². The van der Waals surface area contributed by atoms with Gasteiger partial charge in [-0.25, -0.2) is 0 Å². The number of methoxy groups -OCH3 is 1. The SMILES string of the molecule is COC1(O)OC(=O)[C@@H]2[C@@H]3CC[C@@H](C3)[C@@H]21. The zero-order valence-corrected chi connectivity index (χ0v) is 8.10. The lowest BCUT2D eigenvalue weighted by molar-refractivity contribution is -0.343. The maximum absolute atomic E-state index is 11.6. The summed E-state index contributed by atoms with van der Waals surface area (Å²) in [7, 11) is 1.39. The van der Waals surface area contributed by atoms with Crippen molar-refractivity contribution >= 4 is 5.97 Å². The molecule has 1 heterocycles. The number of fused-ring (bicyclic) bond motifs is 5. The van der Waals surface area contributed by atoms with Gasteiger partial charge in [0.05, 0.1) is 11.8 Å². The van der Waals surface area contributed by atoms with Crippen LogP contribution in [-0.4, -0.2) is 24.2 Å². The van der Waals surface area contributed by atoms with Crippen LogP contribution in [0.25, 0.3) is 0 Å². The number of aliphatic hydroxyl groups is 1. The third-order valence-corrected chi connectivity index (χ3v) is 4.15. The van der Waals surface area contributed by atoms with E-state index < -0.39 is 5.97 Å². The normalized spacial score (nSPS) is 54.9. The number of rotatable bonds is 1. The summed E-state index contributed by atoms with van der Waals surface area (Å²) >= 11 is 0. The Hall–Kier alpha value is -0.610. The number of hydrogen-bond donors (Lipinski definition) is 1. The minimum atomic E-state index is -1.64. The Bertz CT molecular complexity index is 290. The molecule has 3 fully saturated rings. The molecule has 2 bridgehead atoms. The number of carbonyl (C=O) groups excluding carboxylic acids is 1. The average Bonchev–Trinajstić information content (AvgIpc) is 2.80. The summed E-state index contributed by atoms with van der Waals surface area (Å²) in [6, 6.07) is 0. The zero-order chi connectivity index (χ0) is 9.92. The summed E-state index contributed by atoms with van der Waals surface area (Å²) in [5, 5.41) is 10.00. The van der Waals surface area contributed by atoms with Crippen LogP contribution >= 0.6 is 0 Å². The second-order valence-corrected chi connectivity index (χ2v) is 4.64. The van der Waals surface area contributed by atoms with Crippen LogP contribution < -0.4 is 0 Å². The molecule has 0 aromatic rings. The summed E-state index contributed by atoms with van der Waals surface area (Å²) in [5.41, 5.74) is 0. The van der Waals surface area contributed by atoms with E-state index in [0.717, 1.165) is 19.3 Å². The molecule has 0 amide bonds. The Kier molecular flexibility index (Phi) is 1.55. The fourth-order valence-electron chi connectivity index (χ4n) is 3.61. The van der Waals surface area contributed by atoms with Crippen molar-refractivity contribution < 1.29 is 19.4 Å². The summed E-state index contributed by atoms with van der Waals surface area (Å²) in [6.45, 7) is 0. The average molecular weight is 198 g/mol. The monoisotopic (exact) mass is 198 g/mol. The zero-order valence-electron chi connectivity index (χ0n) is 8.10. The van der Waals surface area contributed by atoms with Crippen LogP contribution in [0.3, 0.4) is 0 Å². The predicted octanol–water partition coefficient (Wildman–Crippen LogP) is 0.498. The molecular weight excluding hydrogens is 184 g/mol. The molecule has 1 N–H and O–H groups in total. The van der Waals surface area contributed by atoms with Crippen molar-refractivity contribution in [2.75, 3.05) is 7.11 Å². The van der Waals surface area contributed by atoms with Crippen LogP contribution in [0.1, 0.15) is 19.3 Å². The van der Waals surface area contributed by atoms with Crippen LogP contribution in [0.5, 0.6) is 0 Å². The van der Waals surface area contributed by atoms with E-state index in [9.17, 15) is 9.90 Å². The van der Waals surface area contributed by atoms with Crippen molar-refractivity contribution in [2.45, 2.75) is 25.2 Å². The Morgan fingerprint density at radius 2 is 2.21 bits per heavy atom. The van der Waals surface area contributed by atoms with Gasteiger partial charge in [0.1, 0.15) is 0 Å². The second kappa shape index (κ2) is 2.49. The molecule has 0 aromatic heterocycles. The molecule has 1 unspecified atom stereocenters.